The number of aromatic nitrogens is 5. The van der Waals surface area contributed by atoms with Gasteiger partial charge >= 0.3 is 0 Å². The first kappa shape index (κ1) is 13.1. The van der Waals surface area contributed by atoms with E-state index in [-0.39, 0.29) is 19.5 Å². The molecule has 8 heteroatoms. The Balaban J connectivity index is 1.94. The predicted octanol–water partition coefficient (Wildman–Crippen LogP) is 1.87. The molecule has 1 aliphatic heterocycles. The molecule has 6 nitrogen and oxygen atoms in total. The summed E-state index contributed by atoms with van der Waals surface area (Å²) in [6.45, 7) is 2.77. The molecule has 108 valence electrons. The van der Waals surface area contributed by atoms with Crippen LogP contribution in [0.25, 0.3) is 11.2 Å². The zero-order valence-corrected chi connectivity index (χ0v) is 11.3. The van der Waals surface area contributed by atoms with Gasteiger partial charge in [0.15, 0.2) is 17.0 Å². The molecule has 0 unspecified atom stereocenters. The summed E-state index contributed by atoms with van der Waals surface area (Å²) in [6, 6.07) is 0. The molecule has 20 heavy (non-hydrogen) atoms. The molecule has 0 radical (unpaired) electrons. The van der Waals surface area contributed by atoms with Crippen LogP contribution in [0.1, 0.15) is 26.2 Å². The van der Waals surface area contributed by atoms with E-state index in [1.54, 1.807) is 9.58 Å². The van der Waals surface area contributed by atoms with Crippen LogP contribution < -0.4 is 4.90 Å². The summed E-state index contributed by atoms with van der Waals surface area (Å²) in [5.41, 5.74) is 1.11. The zero-order chi connectivity index (χ0) is 14.2. The molecule has 1 fully saturated rings. The second-order valence-electron chi connectivity index (χ2n) is 5.06. The van der Waals surface area contributed by atoms with Crippen molar-refractivity contribution in [3.63, 3.8) is 0 Å². The second kappa shape index (κ2) is 4.92. The number of alkyl halides is 2. The summed E-state index contributed by atoms with van der Waals surface area (Å²) < 4.78 is 28.4. The fourth-order valence-electron chi connectivity index (χ4n) is 2.39. The third-order valence-electron chi connectivity index (χ3n) is 3.47. The normalized spacial score (nSPS) is 18.1. The van der Waals surface area contributed by atoms with Crippen molar-refractivity contribution in [2.45, 2.75) is 38.7 Å². The molecule has 1 aliphatic rings. The number of unbranched alkanes of at least 4 members (excludes halogenated alkanes) is 1. The van der Waals surface area contributed by atoms with E-state index < -0.39 is 5.92 Å². The van der Waals surface area contributed by atoms with Crippen molar-refractivity contribution in [2.75, 3.05) is 18.0 Å². The highest BCUT2D eigenvalue weighted by Gasteiger charge is 2.39. The lowest BCUT2D eigenvalue weighted by atomic mass is 10.3. The summed E-state index contributed by atoms with van der Waals surface area (Å²) in [5, 5.41) is 8.12. The van der Waals surface area contributed by atoms with Crippen LogP contribution in [-0.4, -0.2) is 44.0 Å². The first-order valence-corrected chi connectivity index (χ1v) is 6.78. The molecule has 0 aromatic carbocycles. The second-order valence-corrected chi connectivity index (χ2v) is 5.06. The van der Waals surface area contributed by atoms with Gasteiger partial charge < -0.3 is 4.90 Å². The topological polar surface area (TPSA) is 59.7 Å². The Hall–Kier alpha value is -1.86. The first-order valence-electron chi connectivity index (χ1n) is 6.78. The average Bonchev–Trinajstić information content (AvgIpc) is 2.99. The number of hydrogen-bond acceptors (Lipinski definition) is 5. The maximum Gasteiger partial charge on any atom is 0.266 e. The van der Waals surface area contributed by atoms with Crippen molar-refractivity contribution in [2.24, 2.45) is 0 Å². The van der Waals surface area contributed by atoms with Gasteiger partial charge in [0.25, 0.3) is 5.92 Å². The number of fused-ring (bicyclic) bond motifs is 1. The average molecular weight is 282 g/mol. The maximum atomic E-state index is 13.3. The lowest BCUT2D eigenvalue weighted by Gasteiger charge is -2.16. The van der Waals surface area contributed by atoms with E-state index in [0.29, 0.717) is 17.0 Å². The minimum atomic E-state index is -2.66. The van der Waals surface area contributed by atoms with E-state index in [0.717, 1.165) is 19.4 Å². The molecule has 2 aromatic rings. The lowest BCUT2D eigenvalue weighted by Crippen LogP contribution is -2.25. The van der Waals surface area contributed by atoms with Crippen LogP contribution in [0.4, 0.5) is 14.6 Å². The Labute approximate surface area is 114 Å². The molecule has 0 N–H and O–H groups in total. The first-order chi connectivity index (χ1) is 9.61. The molecular weight excluding hydrogens is 266 g/mol. The van der Waals surface area contributed by atoms with Gasteiger partial charge in [0.1, 0.15) is 6.33 Å². The van der Waals surface area contributed by atoms with Crippen LogP contribution >= 0.6 is 0 Å². The number of rotatable bonds is 4. The fraction of sp³-hybridized carbons (Fsp3) is 0.667. The Bertz CT molecular complexity index is 611. The predicted molar refractivity (Wildman–Crippen MR) is 69.8 cm³/mol. The summed E-state index contributed by atoms with van der Waals surface area (Å²) in [5.74, 6) is -2.20. The number of aryl methyl sites for hydroxylation is 1. The summed E-state index contributed by atoms with van der Waals surface area (Å²) in [4.78, 5) is 9.85. The van der Waals surface area contributed by atoms with Gasteiger partial charge in [-0.3, -0.25) is 0 Å². The van der Waals surface area contributed by atoms with E-state index in [2.05, 4.69) is 27.2 Å². The molecule has 0 spiro atoms. The SMILES string of the molecule is CCCCn1nnc2c(N3CCC(F)(F)C3)ncnc21. The monoisotopic (exact) mass is 282 g/mol. The van der Waals surface area contributed by atoms with Gasteiger partial charge in [-0.05, 0) is 6.42 Å². The summed E-state index contributed by atoms with van der Waals surface area (Å²) in [6.07, 6.45) is 3.25. The van der Waals surface area contributed by atoms with Crippen LogP contribution in [0.2, 0.25) is 0 Å². The smallest absolute Gasteiger partial charge is 0.266 e. The van der Waals surface area contributed by atoms with Gasteiger partial charge in [-0.1, -0.05) is 18.6 Å². The Morgan fingerprint density at radius 1 is 1.35 bits per heavy atom. The van der Waals surface area contributed by atoms with Crippen molar-refractivity contribution < 1.29 is 8.78 Å². The highest BCUT2D eigenvalue weighted by molar-refractivity contribution is 5.82. The highest BCUT2D eigenvalue weighted by atomic mass is 19.3. The molecule has 2 aromatic heterocycles. The van der Waals surface area contributed by atoms with E-state index in [9.17, 15) is 8.78 Å². The van der Waals surface area contributed by atoms with Crippen molar-refractivity contribution in [3.05, 3.63) is 6.33 Å². The number of nitrogens with zero attached hydrogens (tertiary/aromatic N) is 6. The molecule has 3 rings (SSSR count). The van der Waals surface area contributed by atoms with Crippen LogP contribution in [0, 0.1) is 0 Å². The fourth-order valence-corrected chi connectivity index (χ4v) is 2.39. The Kier molecular flexibility index (Phi) is 3.23. The highest BCUT2D eigenvalue weighted by Crippen LogP contribution is 2.32. The van der Waals surface area contributed by atoms with Crippen LogP contribution in [0.15, 0.2) is 6.33 Å². The Morgan fingerprint density at radius 3 is 2.90 bits per heavy atom. The molecule has 0 amide bonds. The van der Waals surface area contributed by atoms with Gasteiger partial charge in [0.2, 0.25) is 0 Å². The van der Waals surface area contributed by atoms with Crippen molar-refractivity contribution in [1.29, 1.82) is 0 Å². The van der Waals surface area contributed by atoms with E-state index in [1.807, 2.05) is 0 Å². The largest absolute Gasteiger partial charge is 0.348 e. The van der Waals surface area contributed by atoms with Crippen LogP contribution in [-0.2, 0) is 6.54 Å². The van der Waals surface area contributed by atoms with Crippen LogP contribution in [0.5, 0.6) is 0 Å². The standard InChI is InChI=1S/C12H16F2N6/c1-2-3-5-20-11-9(17-18-20)10(15-8-16-11)19-6-4-12(13,14)7-19/h8H,2-7H2,1H3. The maximum absolute atomic E-state index is 13.3. The van der Waals surface area contributed by atoms with Gasteiger partial charge in [-0.25, -0.2) is 23.4 Å². The van der Waals surface area contributed by atoms with E-state index in [1.165, 1.54) is 6.33 Å². The molecule has 0 bridgehead atoms. The van der Waals surface area contributed by atoms with Crippen molar-refractivity contribution in [1.82, 2.24) is 25.0 Å². The molecule has 0 atom stereocenters. The molecule has 1 saturated heterocycles. The van der Waals surface area contributed by atoms with Crippen molar-refractivity contribution in [3.8, 4) is 0 Å². The Morgan fingerprint density at radius 2 is 2.20 bits per heavy atom. The van der Waals surface area contributed by atoms with E-state index in [4.69, 9.17) is 0 Å². The van der Waals surface area contributed by atoms with E-state index >= 15 is 0 Å². The third-order valence-corrected chi connectivity index (χ3v) is 3.47. The third kappa shape index (κ3) is 2.30. The van der Waals surface area contributed by atoms with Crippen molar-refractivity contribution >= 4 is 17.0 Å². The lowest BCUT2D eigenvalue weighted by molar-refractivity contribution is 0.0257. The van der Waals surface area contributed by atoms with Gasteiger partial charge in [-0.15, -0.1) is 5.10 Å². The van der Waals surface area contributed by atoms with Gasteiger partial charge in [-0.2, -0.15) is 0 Å². The number of hydrogen-bond donors (Lipinski definition) is 0. The number of halogens is 2. The zero-order valence-electron chi connectivity index (χ0n) is 11.3. The van der Waals surface area contributed by atoms with Gasteiger partial charge in [0.05, 0.1) is 6.54 Å². The molecule has 3 heterocycles. The quantitative estimate of drug-likeness (QED) is 0.856. The van der Waals surface area contributed by atoms with Crippen LogP contribution in [0.3, 0.4) is 0 Å². The molecule has 0 aliphatic carbocycles. The summed E-state index contributed by atoms with van der Waals surface area (Å²) >= 11 is 0. The molecular formula is C12H16F2N6. The summed E-state index contributed by atoms with van der Waals surface area (Å²) in [7, 11) is 0. The number of anilines is 1. The minimum Gasteiger partial charge on any atom is -0.348 e. The minimum absolute atomic E-state index is 0.150. The van der Waals surface area contributed by atoms with Gasteiger partial charge in [0, 0.05) is 19.5 Å². The molecule has 0 saturated carbocycles.